The van der Waals surface area contributed by atoms with E-state index in [2.05, 4.69) is 62.5 Å². The molecule has 3 N–H and O–H groups in total. The minimum Gasteiger partial charge on any atom is -0.398 e. The lowest BCUT2D eigenvalue weighted by Gasteiger charge is -2.10. The minimum absolute atomic E-state index is 0.0303. The Morgan fingerprint density at radius 3 is 2.50 bits per heavy atom. The normalized spacial score (nSPS) is 11.3. The monoisotopic (exact) mass is 484 g/mol. The molecule has 0 aliphatic heterocycles. The molecule has 0 spiro atoms. The number of halogens is 3. The van der Waals surface area contributed by atoms with E-state index in [1.54, 1.807) is 6.07 Å². The molecule has 20 heavy (non-hydrogen) atoms. The van der Waals surface area contributed by atoms with Crippen LogP contribution in [0.25, 0.3) is 0 Å². The van der Waals surface area contributed by atoms with Crippen LogP contribution in [-0.4, -0.2) is 18.4 Å². The lowest BCUT2D eigenvalue weighted by atomic mass is 10.3. The highest BCUT2D eigenvalue weighted by molar-refractivity contribution is 9.11. The molecule has 0 fully saturated rings. The van der Waals surface area contributed by atoms with Crippen molar-refractivity contribution in [2.75, 3.05) is 10.5 Å². The summed E-state index contributed by atoms with van der Waals surface area (Å²) in [5, 5.41) is 0. The number of rotatable bonds is 3. The minimum atomic E-state index is -3.84. The van der Waals surface area contributed by atoms with E-state index < -0.39 is 10.0 Å². The van der Waals surface area contributed by atoms with Crippen LogP contribution in [0.15, 0.2) is 43.0 Å². The van der Waals surface area contributed by atoms with Gasteiger partial charge in [0.15, 0.2) is 10.4 Å². The molecule has 0 aliphatic carbocycles. The van der Waals surface area contributed by atoms with Crippen molar-refractivity contribution >= 4 is 69.3 Å². The van der Waals surface area contributed by atoms with Crippen molar-refractivity contribution in [3.05, 3.63) is 38.1 Å². The number of nitrogens with zero attached hydrogens (tertiary/aromatic N) is 2. The predicted octanol–water partition coefficient (Wildman–Crippen LogP) is 3.15. The fraction of sp³-hybridized carbons (Fsp3) is 0. The maximum Gasteiger partial charge on any atom is 0.265 e. The van der Waals surface area contributed by atoms with Gasteiger partial charge < -0.3 is 5.73 Å². The van der Waals surface area contributed by atoms with Crippen LogP contribution < -0.4 is 10.5 Å². The van der Waals surface area contributed by atoms with Gasteiger partial charge >= 0.3 is 0 Å². The van der Waals surface area contributed by atoms with Crippen molar-refractivity contribution in [1.29, 1.82) is 0 Å². The van der Waals surface area contributed by atoms with Crippen LogP contribution in [0.2, 0.25) is 0 Å². The first-order chi connectivity index (χ1) is 9.29. The van der Waals surface area contributed by atoms with Gasteiger partial charge in [-0.25, -0.2) is 18.4 Å². The van der Waals surface area contributed by atoms with Crippen molar-refractivity contribution in [2.24, 2.45) is 0 Å². The molecular weight excluding hydrogens is 480 g/mol. The van der Waals surface area contributed by atoms with Crippen LogP contribution in [0.3, 0.4) is 0 Å². The highest BCUT2D eigenvalue weighted by atomic mass is 79.9. The topological polar surface area (TPSA) is 98.0 Å². The molecule has 106 valence electrons. The van der Waals surface area contributed by atoms with Gasteiger partial charge in [-0.1, -0.05) is 15.9 Å². The molecule has 0 radical (unpaired) electrons. The maximum atomic E-state index is 12.3. The van der Waals surface area contributed by atoms with E-state index in [-0.39, 0.29) is 21.0 Å². The van der Waals surface area contributed by atoms with Crippen LogP contribution in [0, 0.1) is 0 Å². The van der Waals surface area contributed by atoms with Crippen molar-refractivity contribution < 1.29 is 8.42 Å². The summed E-state index contributed by atoms with van der Waals surface area (Å²) in [7, 11) is -3.84. The van der Waals surface area contributed by atoms with E-state index in [4.69, 9.17) is 5.73 Å². The number of nitrogens with two attached hydrogens (primary N) is 1. The van der Waals surface area contributed by atoms with E-state index in [0.717, 1.165) is 0 Å². The Hall–Kier alpha value is -0.710. The molecule has 0 aliphatic rings. The van der Waals surface area contributed by atoms with Gasteiger partial charge in [0.1, 0.15) is 9.50 Å². The number of anilines is 2. The first-order valence-electron chi connectivity index (χ1n) is 5.05. The second-order valence-electron chi connectivity index (χ2n) is 3.62. The number of sulfonamides is 1. The molecule has 10 heteroatoms. The Morgan fingerprint density at radius 2 is 1.90 bits per heavy atom. The Kier molecular flexibility index (Phi) is 4.67. The molecule has 2 aromatic rings. The molecule has 2 rings (SSSR count). The van der Waals surface area contributed by atoms with Gasteiger partial charge in [0.2, 0.25) is 0 Å². The second-order valence-corrected chi connectivity index (χ2v) is 7.75. The van der Waals surface area contributed by atoms with Gasteiger partial charge in [0.05, 0.1) is 11.9 Å². The molecule has 0 atom stereocenters. The van der Waals surface area contributed by atoms with Gasteiger partial charge in [-0.05, 0) is 50.1 Å². The molecule has 0 saturated heterocycles. The average Bonchev–Trinajstić information content (AvgIpc) is 2.32. The highest BCUT2D eigenvalue weighted by Crippen LogP contribution is 2.26. The van der Waals surface area contributed by atoms with E-state index in [1.807, 2.05) is 0 Å². The Bertz CT molecular complexity index is 767. The number of hydrogen-bond donors (Lipinski definition) is 2. The lowest BCUT2D eigenvalue weighted by molar-refractivity contribution is 0.601. The van der Waals surface area contributed by atoms with E-state index in [9.17, 15) is 8.42 Å². The Morgan fingerprint density at radius 1 is 1.20 bits per heavy atom. The zero-order chi connectivity index (χ0) is 14.9. The van der Waals surface area contributed by atoms with Gasteiger partial charge in [-0.3, -0.25) is 4.72 Å². The number of benzene rings is 1. The Balaban J connectivity index is 2.41. The van der Waals surface area contributed by atoms with Gasteiger partial charge in [-0.2, -0.15) is 0 Å². The number of aromatic nitrogens is 2. The molecule has 1 heterocycles. The van der Waals surface area contributed by atoms with E-state index >= 15 is 0 Å². The summed E-state index contributed by atoms with van der Waals surface area (Å²) in [5.74, 6) is 0.0792. The zero-order valence-electron chi connectivity index (χ0n) is 9.64. The van der Waals surface area contributed by atoms with Crippen LogP contribution in [0.4, 0.5) is 11.5 Å². The number of nitrogens with one attached hydrogen (secondary N) is 1. The fourth-order valence-corrected chi connectivity index (χ4v) is 3.91. The van der Waals surface area contributed by atoms with Crippen molar-refractivity contribution in [2.45, 2.75) is 4.90 Å². The molecule has 1 aromatic heterocycles. The SMILES string of the molecule is Nc1cc(Br)ccc1S(=O)(=O)Nc1ncc(Br)nc1Br. The van der Waals surface area contributed by atoms with E-state index in [0.29, 0.717) is 9.08 Å². The predicted molar refractivity (Wildman–Crippen MR) is 86.8 cm³/mol. The van der Waals surface area contributed by atoms with Crippen molar-refractivity contribution in [3.63, 3.8) is 0 Å². The summed E-state index contributed by atoms with van der Waals surface area (Å²) in [5.41, 5.74) is 5.85. The summed E-state index contributed by atoms with van der Waals surface area (Å²) < 4.78 is 28.3. The van der Waals surface area contributed by atoms with Gasteiger partial charge in [0, 0.05) is 4.47 Å². The smallest absolute Gasteiger partial charge is 0.265 e. The largest absolute Gasteiger partial charge is 0.398 e. The summed E-state index contributed by atoms with van der Waals surface area (Å²) in [6.45, 7) is 0. The first-order valence-corrected chi connectivity index (χ1v) is 8.92. The quantitative estimate of drug-likeness (QED) is 0.649. The maximum absolute atomic E-state index is 12.3. The van der Waals surface area contributed by atoms with Crippen LogP contribution >= 0.6 is 47.8 Å². The van der Waals surface area contributed by atoms with Crippen LogP contribution in [0.5, 0.6) is 0 Å². The average molecular weight is 487 g/mol. The third-order valence-electron chi connectivity index (χ3n) is 2.19. The summed E-state index contributed by atoms with van der Waals surface area (Å²) >= 11 is 9.49. The molecule has 6 nitrogen and oxygen atoms in total. The summed E-state index contributed by atoms with van der Waals surface area (Å²) in [6.07, 6.45) is 1.38. The van der Waals surface area contributed by atoms with Crippen LogP contribution in [-0.2, 0) is 10.0 Å². The van der Waals surface area contributed by atoms with Gasteiger partial charge in [0.25, 0.3) is 10.0 Å². The number of hydrogen-bond acceptors (Lipinski definition) is 5. The summed E-state index contributed by atoms with van der Waals surface area (Å²) in [6, 6.07) is 4.51. The Labute approximate surface area is 140 Å². The molecule has 0 amide bonds. The molecule has 0 saturated carbocycles. The van der Waals surface area contributed by atoms with Crippen molar-refractivity contribution in [1.82, 2.24) is 9.97 Å². The third-order valence-corrected chi connectivity index (χ3v) is 5.03. The zero-order valence-corrected chi connectivity index (χ0v) is 15.2. The molecule has 0 unspecified atom stereocenters. The second kappa shape index (κ2) is 5.96. The molecule has 0 bridgehead atoms. The lowest BCUT2D eigenvalue weighted by Crippen LogP contribution is -2.16. The fourth-order valence-electron chi connectivity index (χ4n) is 1.36. The van der Waals surface area contributed by atoms with Crippen LogP contribution in [0.1, 0.15) is 0 Å². The first kappa shape index (κ1) is 15.7. The van der Waals surface area contributed by atoms with Crippen molar-refractivity contribution in [3.8, 4) is 0 Å². The standard InChI is InChI=1S/C10H7Br3N4O2S/c11-5-1-2-7(6(14)3-5)20(18,19)17-10-9(13)16-8(12)4-15-10/h1-4H,14H2,(H,15,17). The number of nitrogen functional groups attached to an aromatic ring is 1. The molecule has 1 aromatic carbocycles. The summed E-state index contributed by atoms with van der Waals surface area (Å²) in [4.78, 5) is 7.90. The van der Waals surface area contributed by atoms with E-state index in [1.165, 1.54) is 18.3 Å². The van der Waals surface area contributed by atoms with Gasteiger partial charge in [-0.15, -0.1) is 0 Å². The highest BCUT2D eigenvalue weighted by Gasteiger charge is 2.20. The third kappa shape index (κ3) is 3.48. The molecular formula is C10H7Br3N4O2S.